The Kier molecular flexibility index (Phi) is 4.76. The average Bonchev–Trinajstić information content (AvgIpc) is 3.29. The third-order valence-corrected chi connectivity index (χ3v) is 5.32. The number of carbonyl (C=O) groups excluding carboxylic acids is 1. The van der Waals surface area contributed by atoms with Crippen molar-refractivity contribution < 1.29 is 4.79 Å². The van der Waals surface area contributed by atoms with Gasteiger partial charge in [0.25, 0.3) is 0 Å². The van der Waals surface area contributed by atoms with Gasteiger partial charge in [0, 0.05) is 37.0 Å². The van der Waals surface area contributed by atoms with Gasteiger partial charge in [-0.15, -0.1) is 11.3 Å². The molecule has 0 spiro atoms. The van der Waals surface area contributed by atoms with Gasteiger partial charge in [0.05, 0.1) is 11.0 Å². The molecule has 1 atom stereocenters. The van der Waals surface area contributed by atoms with Crippen LogP contribution in [0.25, 0.3) is 11.0 Å². The first-order valence-electron chi connectivity index (χ1n) is 8.64. The van der Waals surface area contributed by atoms with Crippen LogP contribution >= 0.6 is 11.3 Å². The molecule has 7 heteroatoms. The second-order valence-corrected chi connectivity index (χ2v) is 7.31. The van der Waals surface area contributed by atoms with Crippen LogP contribution in [0.3, 0.4) is 0 Å². The number of hydrogen-bond acceptors (Lipinski definition) is 5. The fraction of sp³-hybridized carbons (Fsp3) is 0.389. The molecule has 0 saturated carbocycles. The fourth-order valence-electron chi connectivity index (χ4n) is 3.37. The molecular weight excluding hydrogens is 334 g/mol. The Labute approximate surface area is 150 Å². The molecule has 1 aliphatic rings. The minimum absolute atomic E-state index is 0.0285. The Balaban J connectivity index is 1.33. The lowest BCUT2D eigenvalue weighted by Crippen LogP contribution is -2.36. The maximum Gasteiger partial charge on any atom is 0.227 e. The van der Waals surface area contributed by atoms with Crippen molar-refractivity contribution in [3.05, 3.63) is 41.7 Å². The van der Waals surface area contributed by atoms with E-state index in [0.717, 1.165) is 49.3 Å². The Bertz CT molecular complexity index is 811. The molecule has 1 amide bonds. The molecule has 4 rings (SSSR count). The molecule has 2 aromatic heterocycles. The van der Waals surface area contributed by atoms with Gasteiger partial charge in [0.15, 0.2) is 5.13 Å². The van der Waals surface area contributed by atoms with Crippen LogP contribution in [0.15, 0.2) is 35.8 Å². The number of aromatic nitrogens is 3. The molecule has 0 aliphatic carbocycles. The normalized spacial score (nSPS) is 18.5. The quantitative estimate of drug-likeness (QED) is 0.737. The molecule has 3 heterocycles. The van der Waals surface area contributed by atoms with Crippen molar-refractivity contribution in [1.29, 1.82) is 0 Å². The van der Waals surface area contributed by atoms with Gasteiger partial charge < -0.3 is 15.2 Å². The Morgan fingerprint density at radius 2 is 2.32 bits per heavy atom. The lowest BCUT2D eigenvalue weighted by atomic mass is 9.97. The van der Waals surface area contributed by atoms with Crippen molar-refractivity contribution in [2.24, 2.45) is 0 Å². The van der Waals surface area contributed by atoms with Crippen molar-refractivity contribution in [3.8, 4) is 0 Å². The van der Waals surface area contributed by atoms with E-state index >= 15 is 0 Å². The summed E-state index contributed by atoms with van der Waals surface area (Å²) in [6.07, 6.45) is 4.47. The number of rotatable bonds is 5. The summed E-state index contributed by atoms with van der Waals surface area (Å²) in [7, 11) is 0. The molecule has 2 N–H and O–H groups in total. The number of nitrogens with zero attached hydrogens (tertiary/aromatic N) is 3. The molecule has 1 fully saturated rings. The number of piperidine rings is 1. The SMILES string of the molecule is O=C(CCN1CCC[C@H](c2nc3ccccc3[nH]2)C1)Nc1nccs1. The summed E-state index contributed by atoms with van der Waals surface area (Å²) in [6.45, 7) is 2.76. The van der Waals surface area contributed by atoms with Crippen LogP contribution in [0.1, 0.15) is 31.0 Å². The number of thiazole rings is 1. The number of H-pyrrole nitrogens is 1. The second kappa shape index (κ2) is 7.33. The first-order chi connectivity index (χ1) is 12.3. The minimum atomic E-state index is 0.0285. The number of fused-ring (bicyclic) bond motifs is 1. The van der Waals surface area contributed by atoms with Crippen molar-refractivity contribution in [2.45, 2.75) is 25.2 Å². The highest BCUT2D eigenvalue weighted by atomic mass is 32.1. The van der Waals surface area contributed by atoms with Crippen molar-refractivity contribution in [1.82, 2.24) is 19.9 Å². The Morgan fingerprint density at radius 1 is 1.40 bits per heavy atom. The largest absolute Gasteiger partial charge is 0.342 e. The molecule has 1 saturated heterocycles. The second-order valence-electron chi connectivity index (χ2n) is 6.41. The molecule has 6 nitrogen and oxygen atoms in total. The standard InChI is InChI=1S/C18H21N5OS/c24-16(22-18-19-8-11-25-18)7-10-23-9-3-4-13(12-23)17-20-14-5-1-2-6-15(14)21-17/h1-2,5-6,8,11,13H,3-4,7,9-10,12H2,(H,20,21)(H,19,22,24)/t13-/m0/s1. The predicted molar refractivity (Wildman–Crippen MR) is 99.9 cm³/mol. The highest BCUT2D eigenvalue weighted by Gasteiger charge is 2.24. The van der Waals surface area contributed by atoms with Gasteiger partial charge in [0.1, 0.15) is 5.82 Å². The highest BCUT2D eigenvalue weighted by molar-refractivity contribution is 7.13. The maximum atomic E-state index is 12.0. The van der Waals surface area contributed by atoms with Crippen LogP contribution in [0.2, 0.25) is 0 Å². The minimum Gasteiger partial charge on any atom is -0.342 e. The molecule has 0 unspecified atom stereocenters. The van der Waals surface area contributed by atoms with Crippen LogP contribution < -0.4 is 5.32 Å². The summed E-state index contributed by atoms with van der Waals surface area (Å²) in [4.78, 5) is 26.7. The number of likely N-dealkylation sites (tertiary alicyclic amines) is 1. The summed E-state index contributed by atoms with van der Waals surface area (Å²) in [5.41, 5.74) is 2.12. The van der Waals surface area contributed by atoms with Crippen LogP contribution in [0.5, 0.6) is 0 Å². The van der Waals surface area contributed by atoms with Gasteiger partial charge in [-0.25, -0.2) is 9.97 Å². The Morgan fingerprint density at radius 3 is 3.16 bits per heavy atom. The number of hydrogen-bond donors (Lipinski definition) is 2. The summed E-state index contributed by atoms with van der Waals surface area (Å²) >= 11 is 1.44. The zero-order valence-corrected chi connectivity index (χ0v) is 14.8. The number of nitrogens with one attached hydrogen (secondary N) is 2. The third kappa shape index (κ3) is 3.88. The average molecular weight is 355 g/mol. The number of imidazole rings is 1. The number of amides is 1. The molecule has 3 aromatic rings. The fourth-order valence-corrected chi connectivity index (χ4v) is 3.92. The molecule has 1 aromatic carbocycles. The van der Waals surface area contributed by atoms with Gasteiger partial charge in [-0.2, -0.15) is 0 Å². The molecule has 0 bridgehead atoms. The number of anilines is 1. The summed E-state index contributed by atoms with van der Waals surface area (Å²) in [6, 6.07) is 8.15. The van der Waals surface area contributed by atoms with E-state index in [1.807, 2.05) is 23.6 Å². The zero-order chi connectivity index (χ0) is 17.1. The first-order valence-corrected chi connectivity index (χ1v) is 9.52. The van der Waals surface area contributed by atoms with E-state index in [1.165, 1.54) is 11.3 Å². The maximum absolute atomic E-state index is 12.0. The van der Waals surface area contributed by atoms with E-state index in [-0.39, 0.29) is 5.91 Å². The first kappa shape index (κ1) is 16.2. The lowest BCUT2D eigenvalue weighted by Gasteiger charge is -2.31. The molecule has 25 heavy (non-hydrogen) atoms. The summed E-state index contributed by atoms with van der Waals surface area (Å²) in [5, 5.41) is 5.37. The van der Waals surface area contributed by atoms with E-state index in [0.29, 0.717) is 17.5 Å². The van der Waals surface area contributed by atoms with E-state index in [2.05, 4.69) is 26.3 Å². The molecule has 0 radical (unpaired) electrons. The Hall–Kier alpha value is -2.25. The highest BCUT2D eigenvalue weighted by Crippen LogP contribution is 2.26. The monoisotopic (exact) mass is 355 g/mol. The molecule has 1 aliphatic heterocycles. The van der Waals surface area contributed by atoms with Gasteiger partial charge in [-0.05, 0) is 31.5 Å². The van der Waals surface area contributed by atoms with Crippen LogP contribution in [0.4, 0.5) is 5.13 Å². The molecular formula is C18H21N5OS. The smallest absolute Gasteiger partial charge is 0.227 e. The van der Waals surface area contributed by atoms with Crippen molar-refractivity contribution >= 4 is 33.4 Å². The third-order valence-electron chi connectivity index (χ3n) is 4.63. The predicted octanol–water partition coefficient (Wildman–Crippen LogP) is 3.23. The molecule has 130 valence electrons. The van der Waals surface area contributed by atoms with Crippen LogP contribution in [-0.2, 0) is 4.79 Å². The number of benzene rings is 1. The van der Waals surface area contributed by atoms with Crippen molar-refractivity contribution in [2.75, 3.05) is 25.0 Å². The van der Waals surface area contributed by atoms with Gasteiger partial charge in [0.2, 0.25) is 5.91 Å². The van der Waals surface area contributed by atoms with Crippen molar-refractivity contribution in [3.63, 3.8) is 0 Å². The van der Waals surface area contributed by atoms with E-state index in [9.17, 15) is 4.79 Å². The zero-order valence-electron chi connectivity index (χ0n) is 13.9. The van der Waals surface area contributed by atoms with Crippen LogP contribution in [-0.4, -0.2) is 45.4 Å². The van der Waals surface area contributed by atoms with E-state index < -0.39 is 0 Å². The van der Waals surface area contributed by atoms with Gasteiger partial charge >= 0.3 is 0 Å². The van der Waals surface area contributed by atoms with Crippen LogP contribution in [0, 0.1) is 0 Å². The number of aromatic amines is 1. The topological polar surface area (TPSA) is 73.9 Å². The van der Waals surface area contributed by atoms with Gasteiger partial charge in [-0.3, -0.25) is 4.79 Å². The summed E-state index contributed by atoms with van der Waals surface area (Å²) in [5.74, 6) is 1.50. The van der Waals surface area contributed by atoms with Gasteiger partial charge in [-0.1, -0.05) is 12.1 Å². The summed E-state index contributed by atoms with van der Waals surface area (Å²) < 4.78 is 0. The lowest BCUT2D eigenvalue weighted by molar-refractivity contribution is -0.116. The number of para-hydroxylation sites is 2. The van der Waals surface area contributed by atoms with E-state index in [4.69, 9.17) is 4.98 Å². The number of carbonyl (C=O) groups is 1. The van der Waals surface area contributed by atoms with E-state index in [1.54, 1.807) is 6.20 Å².